The molecule has 0 spiro atoms. The molecule has 0 fully saturated rings. The number of ether oxygens (including phenoxy) is 2. The zero-order valence-electron chi connectivity index (χ0n) is 14.3. The molecule has 25 heavy (non-hydrogen) atoms. The van der Waals surface area contributed by atoms with Gasteiger partial charge in [0.05, 0.1) is 30.5 Å². The largest absolute Gasteiger partial charge is 0.485 e. The van der Waals surface area contributed by atoms with Crippen LogP contribution in [0.5, 0.6) is 5.75 Å². The zero-order chi connectivity index (χ0) is 18.4. The maximum Gasteiger partial charge on any atom is 0.289 e. The van der Waals surface area contributed by atoms with Crippen molar-refractivity contribution in [2.45, 2.75) is 39.5 Å². The van der Waals surface area contributed by atoms with Gasteiger partial charge in [0.15, 0.2) is 10.8 Å². The highest BCUT2D eigenvalue weighted by atomic mass is 35.5. The molecule has 0 radical (unpaired) electrons. The fraction of sp³-hybridized carbons (Fsp3) is 0.412. The summed E-state index contributed by atoms with van der Waals surface area (Å²) >= 11 is 6.27. The maximum atomic E-state index is 12.3. The predicted molar refractivity (Wildman–Crippen MR) is 97.6 cm³/mol. The van der Waals surface area contributed by atoms with E-state index < -0.39 is 5.54 Å². The molecule has 5 nitrogen and oxygen atoms in total. The van der Waals surface area contributed by atoms with Crippen LogP contribution in [0.15, 0.2) is 35.3 Å². The van der Waals surface area contributed by atoms with E-state index in [4.69, 9.17) is 21.1 Å². The van der Waals surface area contributed by atoms with Gasteiger partial charge in [-0.2, -0.15) is 8.98 Å². The van der Waals surface area contributed by atoms with Crippen molar-refractivity contribution in [2.75, 3.05) is 5.94 Å². The Kier molecular flexibility index (Phi) is 6.87. The van der Waals surface area contributed by atoms with E-state index in [1.807, 2.05) is 45.0 Å². The van der Waals surface area contributed by atoms with E-state index in [0.29, 0.717) is 6.61 Å². The third-order valence-corrected chi connectivity index (χ3v) is 3.94. The van der Waals surface area contributed by atoms with Crippen LogP contribution in [0.1, 0.15) is 31.9 Å². The second-order valence-electron chi connectivity index (χ2n) is 6.39. The van der Waals surface area contributed by atoms with Gasteiger partial charge in [0, 0.05) is 0 Å². The Morgan fingerprint density at radius 3 is 2.36 bits per heavy atom. The van der Waals surface area contributed by atoms with Gasteiger partial charge in [-0.05, 0) is 31.9 Å². The summed E-state index contributed by atoms with van der Waals surface area (Å²) in [5, 5.41) is 4.14. The predicted octanol–water partition coefficient (Wildman–Crippen LogP) is 4.32. The molecule has 0 N–H and O–H groups in total. The molecule has 8 heteroatoms. The average molecular weight is 387 g/mol. The molecule has 2 aromatic rings. The number of halogens is 2. The molecule has 1 aromatic heterocycles. The van der Waals surface area contributed by atoms with Crippen molar-refractivity contribution in [1.29, 1.82) is 0 Å². The Balaban J connectivity index is 2.02. The molecular formula is C17H20ClFN2O3S. The third kappa shape index (κ3) is 5.45. The minimum atomic E-state index is -0.461. The first kappa shape index (κ1) is 19.8. The van der Waals surface area contributed by atoms with Gasteiger partial charge in [0.25, 0.3) is 5.56 Å². The van der Waals surface area contributed by atoms with Crippen LogP contribution in [0.3, 0.4) is 0 Å². The smallest absolute Gasteiger partial charge is 0.289 e. The van der Waals surface area contributed by atoms with Crippen LogP contribution in [0.2, 0.25) is 5.02 Å². The van der Waals surface area contributed by atoms with Crippen molar-refractivity contribution in [3.63, 3.8) is 0 Å². The monoisotopic (exact) mass is 386 g/mol. The average Bonchev–Trinajstić information content (AvgIpc) is 2.56. The number of benzene rings is 1. The van der Waals surface area contributed by atoms with E-state index in [1.54, 1.807) is 0 Å². The fourth-order valence-corrected chi connectivity index (χ4v) is 2.41. The number of rotatable bonds is 7. The Labute approximate surface area is 155 Å². The second-order valence-corrected chi connectivity index (χ2v) is 7.22. The van der Waals surface area contributed by atoms with E-state index in [0.717, 1.165) is 11.1 Å². The van der Waals surface area contributed by atoms with Gasteiger partial charge in [-0.1, -0.05) is 35.9 Å². The lowest BCUT2D eigenvalue weighted by atomic mass is 10.1. The standard InChI is InChI=1S/C17H20ClFN2O3S/c1-17(2,3)21-16(22)15(18)14(8-20-21)24-10-13-6-4-12(5-7-13)9-23-11-25-19/h4-8H,9-11H2,1-3H3. The molecule has 0 aliphatic rings. The first-order valence-corrected chi connectivity index (χ1v) is 8.89. The molecule has 0 aliphatic carbocycles. The van der Waals surface area contributed by atoms with E-state index in [2.05, 4.69) is 5.10 Å². The Bertz CT molecular complexity index is 760. The Morgan fingerprint density at radius 2 is 1.80 bits per heavy atom. The molecule has 2 rings (SSSR count). The molecule has 136 valence electrons. The summed E-state index contributed by atoms with van der Waals surface area (Å²) in [6, 6.07) is 7.50. The fourth-order valence-electron chi connectivity index (χ4n) is 2.08. The summed E-state index contributed by atoms with van der Waals surface area (Å²) < 4.78 is 24.0. The van der Waals surface area contributed by atoms with Crippen molar-refractivity contribution in [3.05, 3.63) is 57.0 Å². The highest BCUT2D eigenvalue weighted by molar-refractivity contribution is 7.94. The SMILES string of the molecule is CC(C)(C)n1ncc(OCc2ccc(COCSF)cc2)c(Cl)c1=O. The van der Waals surface area contributed by atoms with Gasteiger partial charge in [0.1, 0.15) is 12.5 Å². The summed E-state index contributed by atoms with van der Waals surface area (Å²) in [7, 11) is 0. The van der Waals surface area contributed by atoms with Crippen LogP contribution in [-0.2, 0) is 23.5 Å². The summed E-state index contributed by atoms with van der Waals surface area (Å²) in [6.45, 7) is 6.21. The number of hydrogen-bond acceptors (Lipinski definition) is 5. The van der Waals surface area contributed by atoms with Gasteiger partial charge in [-0.15, -0.1) is 0 Å². The normalized spacial score (nSPS) is 11.6. The summed E-state index contributed by atoms with van der Waals surface area (Å²) in [5.74, 6) is 0.260. The molecule has 0 amide bonds. The van der Waals surface area contributed by atoms with Crippen molar-refractivity contribution in [1.82, 2.24) is 9.78 Å². The van der Waals surface area contributed by atoms with E-state index in [-0.39, 0.29) is 41.0 Å². The summed E-state index contributed by atoms with van der Waals surface area (Å²) in [6.07, 6.45) is 1.45. The van der Waals surface area contributed by atoms with Crippen molar-refractivity contribution < 1.29 is 13.4 Å². The first-order chi connectivity index (χ1) is 11.8. The van der Waals surface area contributed by atoms with Crippen molar-refractivity contribution in [3.8, 4) is 5.75 Å². The molecule has 0 atom stereocenters. The van der Waals surface area contributed by atoms with Crippen LogP contribution in [0.25, 0.3) is 0 Å². The van der Waals surface area contributed by atoms with Crippen LogP contribution < -0.4 is 10.3 Å². The van der Waals surface area contributed by atoms with Crippen molar-refractivity contribution in [2.24, 2.45) is 0 Å². The summed E-state index contributed by atoms with van der Waals surface area (Å²) in [5.41, 5.74) is 0.993. The number of hydrogen-bond donors (Lipinski definition) is 0. The van der Waals surface area contributed by atoms with Crippen LogP contribution in [-0.4, -0.2) is 15.7 Å². The molecule has 1 heterocycles. The lowest BCUT2D eigenvalue weighted by Crippen LogP contribution is -2.36. The number of aromatic nitrogens is 2. The van der Waals surface area contributed by atoms with Gasteiger partial charge >= 0.3 is 0 Å². The van der Waals surface area contributed by atoms with E-state index in [1.165, 1.54) is 10.9 Å². The van der Waals surface area contributed by atoms with Gasteiger partial charge in [-0.25, -0.2) is 4.68 Å². The number of nitrogens with zero attached hydrogens (tertiary/aromatic N) is 2. The molecule has 0 unspecified atom stereocenters. The maximum absolute atomic E-state index is 12.3. The van der Waals surface area contributed by atoms with Crippen LogP contribution in [0.4, 0.5) is 3.89 Å². The molecular weight excluding hydrogens is 367 g/mol. The lowest BCUT2D eigenvalue weighted by Gasteiger charge is -2.21. The molecule has 0 saturated heterocycles. The topological polar surface area (TPSA) is 53.4 Å². The van der Waals surface area contributed by atoms with Gasteiger partial charge in [-0.3, -0.25) is 4.79 Å². The molecule has 0 bridgehead atoms. The Morgan fingerprint density at radius 1 is 1.20 bits per heavy atom. The van der Waals surface area contributed by atoms with Crippen molar-refractivity contribution >= 4 is 23.7 Å². The minimum Gasteiger partial charge on any atom is -0.485 e. The third-order valence-electron chi connectivity index (χ3n) is 3.34. The van der Waals surface area contributed by atoms with E-state index in [9.17, 15) is 8.68 Å². The first-order valence-electron chi connectivity index (χ1n) is 7.63. The highest BCUT2D eigenvalue weighted by Crippen LogP contribution is 2.22. The zero-order valence-corrected chi connectivity index (χ0v) is 15.9. The lowest BCUT2D eigenvalue weighted by molar-refractivity contribution is 0.167. The minimum absolute atomic E-state index is 0.0104. The van der Waals surface area contributed by atoms with E-state index >= 15 is 0 Å². The summed E-state index contributed by atoms with van der Waals surface area (Å²) in [4.78, 5) is 12.3. The Hall–Kier alpha value is -1.57. The highest BCUT2D eigenvalue weighted by Gasteiger charge is 2.19. The molecule has 1 aromatic carbocycles. The van der Waals surface area contributed by atoms with Gasteiger partial charge < -0.3 is 9.47 Å². The van der Waals surface area contributed by atoms with Crippen LogP contribution in [0, 0.1) is 0 Å². The molecule has 0 saturated carbocycles. The second kappa shape index (κ2) is 8.69. The van der Waals surface area contributed by atoms with Gasteiger partial charge in [0.2, 0.25) is 0 Å². The molecule has 0 aliphatic heterocycles. The quantitative estimate of drug-likeness (QED) is 0.524. The van der Waals surface area contributed by atoms with Crippen LogP contribution >= 0.6 is 23.7 Å².